The van der Waals surface area contributed by atoms with E-state index in [9.17, 15) is 4.79 Å². The number of nitrogens with zero attached hydrogens (tertiary/aromatic N) is 1. The van der Waals surface area contributed by atoms with Crippen LogP contribution in [-0.2, 0) is 24.3 Å². The minimum atomic E-state index is -0.173. The summed E-state index contributed by atoms with van der Waals surface area (Å²) >= 11 is 6.31. The van der Waals surface area contributed by atoms with E-state index >= 15 is 0 Å². The maximum absolute atomic E-state index is 13.4. The highest BCUT2D eigenvalue weighted by molar-refractivity contribution is 6.31. The Morgan fingerprint density at radius 3 is 2.81 bits per heavy atom. The van der Waals surface area contributed by atoms with Crippen molar-refractivity contribution in [2.45, 2.75) is 26.5 Å². The quantitative estimate of drug-likeness (QED) is 0.410. The largest absolute Gasteiger partial charge is 0.496 e. The summed E-state index contributed by atoms with van der Waals surface area (Å²) in [5, 5.41) is 0.538. The van der Waals surface area contributed by atoms with Crippen molar-refractivity contribution in [1.29, 1.82) is 0 Å². The van der Waals surface area contributed by atoms with Crippen LogP contribution >= 0.6 is 11.6 Å². The van der Waals surface area contributed by atoms with E-state index in [1.165, 1.54) is 0 Å². The first kappa shape index (κ1) is 23.9. The first-order valence-electron chi connectivity index (χ1n) is 12.1. The molecule has 0 N–H and O–H groups in total. The number of allylic oxidation sites excluding steroid dienone is 1. The van der Waals surface area contributed by atoms with Crippen molar-refractivity contribution in [3.05, 3.63) is 86.6 Å². The maximum Gasteiger partial charge on any atom is 0.231 e. The van der Waals surface area contributed by atoms with Gasteiger partial charge in [-0.3, -0.25) is 9.69 Å². The van der Waals surface area contributed by atoms with Gasteiger partial charge in [-0.15, -0.1) is 0 Å². The molecule has 3 aromatic carbocycles. The lowest BCUT2D eigenvalue weighted by Gasteiger charge is -2.30. The third kappa shape index (κ3) is 4.44. The number of methoxy groups -OCH3 is 1. The molecule has 37 heavy (non-hydrogen) atoms. The van der Waals surface area contributed by atoms with Gasteiger partial charge in [0.15, 0.2) is 12.6 Å². The van der Waals surface area contributed by atoms with Gasteiger partial charge in [-0.2, -0.15) is 0 Å². The van der Waals surface area contributed by atoms with Gasteiger partial charge in [0.25, 0.3) is 0 Å². The highest BCUT2D eigenvalue weighted by Crippen LogP contribution is 2.44. The van der Waals surface area contributed by atoms with Crippen LogP contribution in [0.1, 0.15) is 38.2 Å². The highest BCUT2D eigenvalue weighted by atomic mass is 35.5. The smallest absolute Gasteiger partial charge is 0.231 e. The fraction of sp³-hybridized carbons (Fsp3) is 0.276. The summed E-state index contributed by atoms with van der Waals surface area (Å²) < 4.78 is 28.8. The molecule has 0 saturated heterocycles. The summed E-state index contributed by atoms with van der Waals surface area (Å²) in [4.78, 5) is 15.6. The summed E-state index contributed by atoms with van der Waals surface area (Å²) in [6.45, 7) is 4.43. The van der Waals surface area contributed by atoms with Gasteiger partial charge in [0.05, 0.1) is 19.3 Å². The molecule has 8 heteroatoms. The molecule has 3 aliphatic heterocycles. The van der Waals surface area contributed by atoms with E-state index in [0.717, 1.165) is 46.7 Å². The number of halogens is 1. The molecule has 0 unspecified atom stereocenters. The number of carbonyl (C=O) groups is 1. The molecule has 0 aromatic heterocycles. The molecule has 0 atom stereocenters. The van der Waals surface area contributed by atoms with Crippen LogP contribution in [0.3, 0.4) is 0 Å². The minimum absolute atomic E-state index is 0.149. The van der Waals surface area contributed by atoms with Gasteiger partial charge in [-0.25, -0.2) is 0 Å². The molecule has 3 heterocycles. The highest BCUT2D eigenvalue weighted by Gasteiger charge is 2.34. The number of ketones is 1. The zero-order chi connectivity index (χ0) is 25.5. The Bertz CT molecular complexity index is 1430. The number of rotatable bonds is 5. The summed E-state index contributed by atoms with van der Waals surface area (Å²) in [5.74, 6) is 2.91. The average molecular weight is 520 g/mol. The van der Waals surface area contributed by atoms with Gasteiger partial charge < -0.3 is 23.7 Å². The van der Waals surface area contributed by atoms with E-state index in [-0.39, 0.29) is 18.3 Å². The monoisotopic (exact) mass is 519 g/mol. The van der Waals surface area contributed by atoms with Gasteiger partial charge >= 0.3 is 0 Å². The molecule has 3 aromatic rings. The lowest BCUT2D eigenvalue weighted by molar-refractivity contribution is -0.0165. The molecule has 0 aliphatic carbocycles. The molecule has 190 valence electrons. The summed E-state index contributed by atoms with van der Waals surface area (Å²) in [5.41, 5.74) is 5.01. The van der Waals surface area contributed by atoms with E-state index in [1.54, 1.807) is 25.3 Å². The van der Waals surface area contributed by atoms with Crippen LogP contribution in [0.15, 0.2) is 48.2 Å². The van der Waals surface area contributed by atoms with Crippen LogP contribution in [-0.4, -0.2) is 37.9 Å². The van der Waals surface area contributed by atoms with E-state index in [0.29, 0.717) is 47.5 Å². The molecule has 3 aliphatic rings. The van der Waals surface area contributed by atoms with E-state index in [4.69, 9.17) is 35.3 Å². The Morgan fingerprint density at radius 2 is 1.95 bits per heavy atom. The Morgan fingerprint density at radius 1 is 1.08 bits per heavy atom. The van der Waals surface area contributed by atoms with Crippen LogP contribution in [0.25, 0.3) is 6.08 Å². The van der Waals surface area contributed by atoms with E-state index in [1.807, 2.05) is 31.2 Å². The predicted molar refractivity (Wildman–Crippen MR) is 138 cm³/mol. The van der Waals surface area contributed by atoms with Gasteiger partial charge in [0, 0.05) is 40.4 Å². The molecule has 0 radical (unpaired) electrons. The number of fused-ring (bicyclic) bond motifs is 3. The molecule has 0 bridgehead atoms. The van der Waals surface area contributed by atoms with Crippen molar-refractivity contribution in [2.24, 2.45) is 0 Å². The molecule has 0 saturated carbocycles. The SMILES string of the molecule is COc1ccccc1CCN1COc2c(cc3c(c2C)O/C(=C\c2cc(Cl)cc4c2OCOC4)C3=O)C1. The molecule has 6 rings (SSSR count). The number of para-hydroxylation sites is 1. The number of benzene rings is 3. The van der Waals surface area contributed by atoms with Crippen molar-refractivity contribution < 1.29 is 28.5 Å². The molecule has 0 fully saturated rings. The number of ether oxygens (including phenoxy) is 5. The second-order valence-electron chi connectivity index (χ2n) is 9.29. The average Bonchev–Trinajstić information content (AvgIpc) is 3.22. The fourth-order valence-corrected chi connectivity index (χ4v) is 5.33. The summed E-state index contributed by atoms with van der Waals surface area (Å²) in [6, 6.07) is 13.5. The Hall–Kier alpha value is -3.52. The van der Waals surface area contributed by atoms with Crippen LogP contribution < -0.4 is 18.9 Å². The van der Waals surface area contributed by atoms with Crippen molar-refractivity contribution in [3.63, 3.8) is 0 Å². The van der Waals surface area contributed by atoms with Gasteiger partial charge in [0.1, 0.15) is 29.7 Å². The minimum Gasteiger partial charge on any atom is -0.496 e. The second-order valence-corrected chi connectivity index (χ2v) is 9.72. The molecular weight excluding hydrogens is 494 g/mol. The van der Waals surface area contributed by atoms with Crippen molar-refractivity contribution >= 4 is 23.5 Å². The topological polar surface area (TPSA) is 66.5 Å². The van der Waals surface area contributed by atoms with Crippen LogP contribution in [0.4, 0.5) is 0 Å². The third-order valence-corrected chi connectivity index (χ3v) is 7.10. The third-order valence-electron chi connectivity index (χ3n) is 6.88. The fourth-order valence-electron chi connectivity index (χ4n) is 5.09. The predicted octanol–water partition coefficient (Wildman–Crippen LogP) is 5.53. The molecule has 0 amide bonds. The Labute approximate surface area is 220 Å². The number of Topliss-reactive ketones (excluding diaryl/α,β-unsaturated/α-hetero) is 1. The first-order valence-corrected chi connectivity index (χ1v) is 12.5. The summed E-state index contributed by atoms with van der Waals surface area (Å²) in [7, 11) is 1.69. The van der Waals surface area contributed by atoms with Crippen LogP contribution in [0.2, 0.25) is 5.02 Å². The number of hydrogen-bond acceptors (Lipinski definition) is 7. The summed E-state index contributed by atoms with van der Waals surface area (Å²) in [6.07, 6.45) is 2.52. The maximum atomic E-state index is 13.4. The van der Waals surface area contributed by atoms with Gasteiger partial charge in [-0.1, -0.05) is 29.8 Å². The second kappa shape index (κ2) is 9.74. The lowest BCUT2D eigenvalue weighted by atomic mass is 9.99. The van der Waals surface area contributed by atoms with Crippen molar-refractivity contribution in [1.82, 2.24) is 4.90 Å². The van der Waals surface area contributed by atoms with Crippen molar-refractivity contribution in [2.75, 3.05) is 27.2 Å². The van der Waals surface area contributed by atoms with Gasteiger partial charge in [0.2, 0.25) is 5.78 Å². The number of carbonyl (C=O) groups excluding carboxylic acids is 1. The van der Waals surface area contributed by atoms with Crippen molar-refractivity contribution in [3.8, 4) is 23.0 Å². The molecule has 0 spiro atoms. The van der Waals surface area contributed by atoms with Crippen LogP contribution in [0.5, 0.6) is 23.0 Å². The van der Waals surface area contributed by atoms with Crippen LogP contribution in [0, 0.1) is 6.92 Å². The standard InChI is InChI=1S/C29H26ClNO6/c1-17-27-20(13-31(15-35-27)8-7-18-5-3-4-6-24(18)33-2)11-23-26(32)25(37-28(17)23)12-19-9-22(30)10-21-14-34-16-36-29(19)21/h3-6,9-12H,7-8,13-16H2,1-2H3/b25-12-. The van der Waals surface area contributed by atoms with E-state index in [2.05, 4.69) is 11.0 Å². The Kier molecular flexibility index (Phi) is 6.28. The van der Waals surface area contributed by atoms with E-state index < -0.39 is 0 Å². The number of hydrogen-bond donors (Lipinski definition) is 0. The first-order chi connectivity index (χ1) is 18.0. The molecule has 7 nitrogen and oxygen atoms in total. The Balaban J connectivity index is 1.25. The molecular formula is C29H26ClNO6. The van der Waals surface area contributed by atoms with Gasteiger partial charge in [-0.05, 0) is 49.2 Å². The zero-order valence-corrected chi connectivity index (χ0v) is 21.4. The zero-order valence-electron chi connectivity index (χ0n) is 20.6. The lowest BCUT2D eigenvalue weighted by Crippen LogP contribution is -2.34. The normalized spacial score (nSPS) is 17.4.